The van der Waals surface area contributed by atoms with E-state index in [0.717, 1.165) is 39.0 Å². The fourth-order valence-electron chi connectivity index (χ4n) is 2.72. The number of aliphatic carboxylic acids is 1. The third-order valence-electron chi connectivity index (χ3n) is 4.10. The van der Waals surface area contributed by atoms with Gasteiger partial charge in [0.15, 0.2) is 0 Å². The highest BCUT2D eigenvalue weighted by Gasteiger charge is 2.22. The number of ether oxygens (including phenoxy) is 1. The third-order valence-corrected chi connectivity index (χ3v) is 4.10. The minimum absolute atomic E-state index is 0.0476. The van der Waals surface area contributed by atoms with Gasteiger partial charge in [0.05, 0.1) is 12.5 Å². The molecule has 0 aliphatic carbocycles. The maximum atomic E-state index is 12.1. The molecule has 120 valence electrons. The summed E-state index contributed by atoms with van der Waals surface area (Å²) in [6.45, 7) is 5.45. The van der Waals surface area contributed by atoms with Crippen LogP contribution in [0.4, 0.5) is 0 Å². The van der Waals surface area contributed by atoms with Crippen LogP contribution in [0.3, 0.4) is 0 Å². The second-order valence-electron chi connectivity index (χ2n) is 5.63. The minimum Gasteiger partial charge on any atom is -0.481 e. The number of carbonyl (C=O) groups excluding carboxylic acids is 1. The molecule has 1 amide bonds. The lowest BCUT2D eigenvalue weighted by Gasteiger charge is -2.34. The van der Waals surface area contributed by atoms with Crippen molar-refractivity contribution >= 4 is 11.9 Å². The van der Waals surface area contributed by atoms with Gasteiger partial charge in [-0.3, -0.25) is 14.5 Å². The smallest absolute Gasteiger partial charge is 0.304 e. The number of nitrogens with one attached hydrogen (secondary N) is 1. The van der Waals surface area contributed by atoms with Crippen molar-refractivity contribution in [3.63, 3.8) is 0 Å². The van der Waals surface area contributed by atoms with E-state index >= 15 is 0 Å². The van der Waals surface area contributed by atoms with Gasteiger partial charge in [0.1, 0.15) is 6.61 Å². The van der Waals surface area contributed by atoms with E-state index in [-0.39, 0.29) is 25.0 Å². The predicted octanol–water partition coefficient (Wildman–Crippen LogP) is -0.626. The molecule has 2 heterocycles. The van der Waals surface area contributed by atoms with Crippen molar-refractivity contribution in [2.75, 3.05) is 52.4 Å². The van der Waals surface area contributed by atoms with E-state index in [4.69, 9.17) is 9.84 Å². The summed E-state index contributed by atoms with van der Waals surface area (Å²) < 4.78 is 5.68. The van der Waals surface area contributed by atoms with Crippen LogP contribution >= 0.6 is 0 Å². The Bertz CT molecular complexity index is 350. The zero-order chi connectivity index (χ0) is 15.1. The Balaban J connectivity index is 1.62. The van der Waals surface area contributed by atoms with Crippen molar-refractivity contribution in [3.05, 3.63) is 0 Å². The van der Waals surface area contributed by atoms with Gasteiger partial charge >= 0.3 is 5.97 Å². The normalized spacial score (nSPS) is 21.4. The molecular weight excluding hydrogens is 274 g/mol. The molecule has 2 rings (SSSR count). The first-order valence-corrected chi connectivity index (χ1v) is 7.69. The summed E-state index contributed by atoms with van der Waals surface area (Å²) in [5.41, 5.74) is 0. The number of piperidine rings is 1. The fraction of sp³-hybridized carbons (Fsp3) is 0.857. The van der Waals surface area contributed by atoms with E-state index in [2.05, 4.69) is 10.2 Å². The van der Waals surface area contributed by atoms with Crippen molar-refractivity contribution in [1.29, 1.82) is 0 Å². The quantitative estimate of drug-likeness (QED) is 0.680. The molecule has 2 saturated heterocycles. The molecule has 7 nitrogen and oxygen atoms in total. The van der Waals surface area contributed by atoms with Gasteiger partial charge in [0, 0.05) is 32.7 Å². The van der Waals surface area contributed by atoms with Crippen molar-refractivity contribution in [1.82, 2.24) is 15.1 Å². The second-order valence-corrected chi connectivity index (χ2v) is 5.63. The molecule has 0 aromatic heterocycles. The average molecular weight is 299 g/mol. The number of rotatable bonds is 6. The lowest BCUT2D eigenvalue weighted by molar-refractivity contribution is -0.141. The molecule has 0 bridgehead atoms. The molecule has 0 saturated carbocycles. The maximum absolute atomic E-state index is 12.1. The zero-order valence-electron chi connectivity index (χ0n) is 12.4. The second kappa shape index (κ2) is 8.31. The van der Waals surface area contributed by atoms with Crippen molar-refractivity contribution < 1.29 is 19.4 Å². The summed E-state index contributed by atoms with van der Waals surface area (Å²) in [6.07, 6.45) is 2.30. The van der Waals surface area contributed by atoms with E-state index in [1.165, 1.54) is 0 Å². The first-order chi connectivity index (χ1) is 10.1. The molecule has 0 radical (unpaired) electrons. The molecule has 2 N–H and O–H groups in total. The van der Waals surface area contributed by atoms with Crippen molar-refractivity contribution in [2.24, 2.45) is 0 Å². The van der Waals surface area contributed by atoms with Crippen LogP contribution in [0.1, 0.15) is 19.3 Å². The minimum atomic E-state index is -0.774. The number of hydrogen-bond donors (Lipinski definition) is 2. The van der Waals surface area contributed by atoms with Crippen LogP contribution in [0.25, 0.3) is 0 Å². The Morgan fingerprint density at radius 3 is 2.43 bits per heavy atom. The summed E-state index contributed by atoms with van der Waals surface area (Å²) >= 11 is 0. The number of carboxylic acid groups (broad SMARTS) is 1. The van der Waals surface area contributed by atoms with Gasteiger partial charge in [0.25, 0.3) is 0 Å². The topological polar surface area (TPSA) is 82.1 Å². The van der Waals surface area contributed by atoms with Crippen LogP contribution in [0.5, 0.6) is 0 Å². The van der Waals surface area contributed by atoms with E-state index < -0.39 is 5.97 Å². The Kier molecular flexibility index (Phi) is 6.41. The molecule has 0 aromatic rings. The number of carboxylic acids is 1. The third kappa shape index (κ3) is 5.61. The monoisotopic (exact) mass is 299 g/mol. The standard InChI is InChI=1S/C14H25N3O4/c18-13(11-21-12-1-4-15-5-2-12)17-9-7-16(8-10-17)6-3-14(19)20/h12,15H,1-11H2,(H,19,20). The number of nitrogens with zero attached hydrogens (tertiary/aromatic N) is 2. The fourth-order valence-corrected chi connectivity index (χ4v) is 2.72. The molecule has 7 heteroatoms. The van der Waals surface area contributed by atoms with Crippen molar-refractivity contribution in [3.8, 4) is 0 Å². The average Bonchev–Trinajstić information content (AvgIpc) is 2.52. The van der Waals surface area contributed by atoms with Gasteiger partial charge in [-0.05, 0) is 25.9 Å². The van der Waals surface area contributed by atoms with Gasteiger partial charge in [-0.1, -0.05) is 0 Å². The van der Waals surface area contributed by atoms with Gasteiger partial charge in [0.2, 0.25) is 5.91 Å². The molecule has 2 aliphatic rings. The number of hydrogen-bond acceptors (Lipinski definition) is 5. The first kappa shape index (κ1) is 16.2. The van der Waals surface area contributed by atoms with Crippen LogP contribution < -0.4 is 5.32 Å². The Hall–Kier alpha value is -1.18. The summed E-state index contributed by atoms with van der Waals surface area (Å²) in [6, 6.07) is 0. The van der Waals surface area contributed by atoms with Crippen molar-refractivity contribution in [2.45, 2.75) is 25.4 Å². The summed E-state index contributed by atoms with van der Waals surface area (Å²) in [7, 11) is 0. The molecule has 2 aliphatic heterocycles. The van der Waals surface area contributed by atoms with Crippen LogP contribution in [0.15, 0.2) is 0 Å². The Morgan fingerprint density at radius 1 is 1.14 bits per heavy atom. The lowest BCUT2D eigenvalue weighted by atomic mass is 10.1. The Labute approximate surface area is 125 Å². The number of carbonyl (C=O) groups is 2. The summed E-state index contributed by atoms with van der Waals surface area (Å²) in [4.78, 5) is 26.5. The summed E-state index contributed by atoms with van der Waals surface area (Å²) in [5, 5.41) is 11.9. The molecule has 0 unspecified atom stereocenters. The number of piperazine rings is 1. The molecule has 2 fully saturated rings. The highest BCUT2D eigenvalue weighted by atomic mass is 16.5. The largest absolute Gasteiger partial charge is 0.481 e. The maximum Gasteiger partial charge on any atom is 0.304 e. The lowest BCUT2D eigenvalue weighted by Crippen LogP contribution is -2.50. The van der Waals surface area contributed by atoms with Crippen LogP contribution in [0.2, 0.25) is 0 Å². The van der Waals surface area contributed by atoms with E-state index in [0.29, 0.717) is 19.6 Å². The molecule has 0 atom stereocenters. The van der Waals surface area contributed by atoms with Crippen LogP contribution in [-0.2, 0) is 14.3 Å². The molecule has 0 aromatic carbocycles. The Morgan fingerprint density at radius 2 is 1.81 bits per heavy atom. The highest BCUT2D eigenvalue weighted by molar-refractivity contribution is 5.77. The van der Waals surface area contributed by atoms with Gasteiger partial charge < -0.3 is 20.1 Å². The first-order valence-electron chi connectivity index (χ1n) is 7.69. The van der Waals surface area contributed by atoms with Gasteiger partial charge in [-0.15, -0.1) is 0 Å². The van der Waals surface area contributed by atoms with Gasteiger partial charge in [-0.25, -0.2) is 0 Å². The highest BCUT2D eigenvalue weighted by Crippen LogP contribution is 2.08. The zero-order valence-corrected chi connectivity index (χ0v) is 12.4. The number of amides is 1. The van der Waals surface area contributed by atoms with E-state index in [1.54, 1.807) is 0 Å². The molecular formula is C14H25N3O4. The van der Waals surface area contributed by atoms with Gasteiger partial charge in [-0.2, -0.15) is 0 Å². The predicted molar refractivity (Wildman–Crippen MR) is 77.1 cm³/mol. The van der Waals surface area contributed by atoms with Crippen LogP contribution in [0, 0.1) is 0 Å². The SMILES string of the molecule is O=C(O)CCN1CCN(C(=O)COC2CCNCC2)CC1. The summed E-state index contributed by atoms with van der Waals surface area (Å²) in [5.74, 6) is -0.727. The molecule has 21 heavy (non-hydrogen) atoms. The van der Waals surface area contributed by atoms with E-state index in [1.807, 2.05) is 4.90 Å². The molecule has 0 spiro atoms. The van der Waals surface area contributed by atoms with Crippen LogP contribution in [-0.4, -0.2) is 85.3 Å². The van der Waals surface area contributed by atoms with E-state index in [9.17, 15) is 9.59 Å².